The second kappa shape index (κ2) is 5.25. The summed E-state index contributed by atoms with van der Waals surface area (Å²) in [5.41, 5.74) is 1.22. The highest BCUT2D eigenvalue weighted by atomic mass is 16.4. The number of hydrogen-bond donors (Lipinski definition) is 1. The molecule has 0 aliphatic carbocycles. The lowest BCUT2D eigenvalue weighted by Gasteiger charge is -2.29. The number of fused-ring (bicyclic) bond motifs is 1. The van der Waals surface area contributed by atoms with Gasteiger partial charge in [0, 0.05) is 6.04 Å². The second-order valence-electron chi connectivity index (χ2n) is 5.48. The Morgan fingerprint density at radius 1 is 1.25 bits per heavy atom. The molecule has 1 saturated heterocycles. The lowest BCUT2D eigenvalue weighted by molar-refractivity contribution is -0.142. The van der Waals surface area contributed by atoms with E-state index in [4.69, 9.17) is 0 Å². The standard InChI is InChI=1S/C17H19NO2/c1-12(18-11-5-10-16(18)17(19)20)14-9-4-7-13-6-2-3-8-15(13)14/h2-4,6-9,12,16H,5,10-11H2,1H3,(H,19,20). The van der Waals surface area contributed by atoms with E-state index in [2.05, 4.69) is 42.2 Å². The number of hydrogen-bond acceptors (Lipinski definition) is 2. The van der Waals surface area contributed by atoms with Crippen LogP contribution in [-0.2, 0) is 4.79 Å². The van der Waals surface area contributed by atoms with E-state index in [1.807, 2.05) is 12.1 Å². The predicted octanol–water partition coefficient (Wildman–Crippen LogP) is 3.45. The third kappa shape index (κ3) is 2.18. The van der Waals surface area contributed by atoms with Crippen molar-refractivity contribution in [1.29, 1.82) is 0 Å². The second-order valence-corrected chi connectivity index (χ2v) is 5.48. The highest BCUT2D eigenvalue weighted by molar-refractivity contribution is 5.86. The van der Waals surface area contributed by atoms with Crippen molar-refractivity contribution >= 4 is 16.7 Å². The average molecular weight is 269 g/mol. The molecule has 3 nitrogen and oxygen atoms in total. The van der Waals surface area contributed by atoms with Crippen molar-refractivity contribution in [1.82, 2.24) is 4.90 Å². The molecular weight excluding hydrogens is 250 g/mol. The zero-order valence-corrected chi connectivity index (χ0v) is 11.6. The van der Waals surface area contributed by atoms with E-state index in [1.54, 1.807) is 0 Å². The fourth-order valence-corrected chi connectivity index (χ4v) is 3.31. The van der Waals surface area contributed by atoms with Crippen LogP contribution < -0.4 is 0 Å². The Labute approximate surface area is 118 Å². The molecule has 0 amide bonds. The number of rotatable bonds is 3. The summed E-state index contributed by atoms with van der Waals surface area (Å²) in [5.74, 6) is -0.699. The minimum absolute atomic E-state index is 0.129. The molecule has 3 rings (SSSR count). The van der Waals surface area contributed by atoms with E-state index in [0.29, 0.717) is 0 Å². The average Bonchev–Trinajstić information content (AvgIpc) is 2.95. The van der Waals surface area contributed by atoms with Gasteiger partial charge < -0.3 is 5.11 Å². The Bertz CT molecular complexity index is 632. The molecule has 1 N–H and O–H groups in total. The van der Waals surface area contributed by atoms with Crippen LogP contribution in [0.5, 0.6) is 0 Å². The number of benzene rings is 2. The highest BCUT2D eigenvalue weighted by Crippen LogP contribution is 2.33. The quantitative estimate of drug-likeness (QED) is 0.927. The summed E-state index contributed by atoms with van der Waals surface area (Å²) in [4.78, 5) is 13.5. The normalized spacial score (nSPS) is 21.1. The van der Waals surface area contributed by atoms with Crippen molar-refractivity contribution in [3.8, 4) is 0 Å². The third-order valence-corrected chi connectivity index (χ3v) is 4.35. The Kier molecular flexibility index (Phi) is 3.45. The lowest BCUT2D eigenvalue weighted by Crippen LogP contribution is -2.37. The summed E-state index contributed by atoms with van der Waals surface area (Å²) in [6, 6.07) is 14.4. The van der Waals surface area contributed by atoms with Crippen molar-refractivity contribution in [2.24, 2.45) is 0 Å². The summed E-state index contributed by atoms with van der Waals surface area (Å²) in [6.07, 6.45) is 1.72. The van der Waals surface area contributed by atoms with Gasteiger partial charge in [0.25, 0.3) is 0 Å². The first-order chi connectivity index (χ1) is 9.68. The van der Waals surface area contributed by atoms with Crippen LogP contribution in [0.3, 0.4) is 0 Å². The highest BCUT2D eigenvalue weighted by Gasteiger charge is 2.34. The van der Waals surface area contributed by atoms with Crippen LogP contribution in [-0.4, -0.2) is 28.6 Å². The van der Waals surface area contributed by atoms with Crippen LogP contribution in [0.25, 0.3) is 10.8 Å². The number of carboxylic acid groups (broad SMARTS) is 1. The fraction of sp³-hybridized carbons (Fsp3) is 0.353. The minimum Gasteiger partial charge on any atom is -0.480 e. The maximum Gasteiger partial charge on any atom is 0.320 e. The number of nitrogens with zero attached hydrogens (tertiary/aromatic N) is 1. The molecule has 2 unspecified atom stereocenters. The zero-order valence-electron chi connectivity index (χ0n) is 11.6. The maximum atomic E-state index is 11.4. The number of carbonyl (C=O) groups is 1. The summed E-state index contributed by atoms with van der Waals surface area (Å²) in [5, 5.41) is 11.8. The Morgan fingerprint density at radius 3 is 2.80 bits per heavy atom. The van der Waals surface area contributed by atoms with Gasteiger partial charge in [0.15, 0.2) is 0 Å². The molecule has 0 radical (unpaired) electrons. The Morgan fingerprint density at radius 2 is 2.00 bits per heavy atom. The molecule has 1 aliphatic heterocycles. The van der Waals surface area contributed by atoms with Gasteiger partial charge in [-0.2, -0.15) is 0 Å². The van der Waals surface area contributed by atoms with E-state index in [0.717, 1.165) is 19.4 Å². The minimum atomic E-state index is -0.699. The fourth-order valence-electron chi connectivity index (χ4n) is 3.31. The molecular formula is C17H19NO2. The third-order valence-electron chi connectivity index (χ3n) is 4.35. The van der Waals surface area contributed by atoms with E-state index in [-0.39, 0.29) is 12.1 Å². The van der Waals surface area contributed by atoms with E-state index in [1.165, 1.54) is 16.3 Å². The molecule has 1 heterocycles. The first-order valence-corrected chi connectivity index (χ1v) is 7.14. The molecule has 3 heteroatoms. The van der Waals surface area contributed by atoms with Gasteiger partial charge in [-0.3, -0.25) is 9.69 Å². The van der Waals surface area contributed by atoms with E-state index >= 15 is 0 Å². The zero-order chi connectivity index (χ0) is 14.1. The predicted molar refractivity (Wildman–Crippen MR) is 79.7 cm³/mol. The van der Waals surface area contributed by atoms with Crippen LogP contribution in [0.2, 0.25) is 0 Å². The van der Waals surface area contributed by atoms with E-state index in [9.17, 15) is 9.90 Å². The van der Waals surface area contributed by atoms with Gasteiger partial charge in [-0.05, 0) is 42.6 Å². The Balaban J connectivity index is 2.00. The molecule has 1 aliphatic rings. The largest absolute Gasteiger partial charge is 0.480 e. The van der Waals surface area contributed by atoms with Crippen LogP contribution in [0.4, 0.5) is 0 Å². The van der Waals surface area contributed by atoms with Gasteiger partial charge in [0.1, 0.15) is 6.04 Å². The van der Waals surface area contributed by atoms with Gasteiger partial charge in [-0.15, -0.1) is 0 Å². The van der Waals surface area contributed by atoms with Gasteiger partial charge in [-0.25, -0.2) is 0 Å². The molecule has 0 bridgehead atoms. The van der Waals surface area contributed by atoms with Crippen molar-refractivity contribution < 1.29 is 9.90 Å². The van der Waals surface area contributed by atoms with Crippen LogP contribution in [0.15, 0.2) is 42.5 Å². The number of likely N-dealkylation sites (tertiary alicyclic amines) is 1. The molecule has 1 fully saturated rings. The molecule has 20 heavy (non-hydrogen) atoms. The SMILES string of the molecule is CC(c1cccc2ccccc12)N1CCCC1C(=O)O. The van der Waals surface area contributed by atoms with Crippen LogP contribution in [0, 0.1) is 0 Å². The van der Waals surface area contributed by atoms with Gasteiger partial charge in [-0.1, -0.05) is 42.5 Å². The topological polar surface area (TPSA) is 40.5 Å². The van der Waals surface area contributed by atoms with Crippen molar-refractivity contribution in [3.05, 3.63) is 48.0 Å². The van der Waals surface area contributed by atoms with Crippen LogP contribution >= 0.6 is 0 Å². The molecule has 2 atom stereocenters. The molecule has 2 aromatic carbocycles. The molecule has 104 valence electrons. The molecule has 0 aromatic heterocycles. The summed E-state index contributed by atoms with van der Waals surface area (Å²) in [6.45, 7) is 2.98. The first kappa shape index (κ1) is 13.1. The smallest absolute Gasteiger partial charge is 0.320 e. The van der Waals surface area contributed by atoms with Crippen molar-refractivity contribution in [3.63, 3.8) is 0 Å². The molecule has 0 spiro atoms. The van der Waals surface area contributed by atoms with Gasteiger partial charge in [0.2, 0.25) is 0 Å². The summed E-state index contributed by atoms with van der Waals surface area (Å²) in [7, 11) is 0. The lowest BCUT2D eigenvalue weighted by atomic mass is 9.98. The Hall–Kier alpha value is -1.87. The maximum absolute atomic E-state index is 11.4. The van der Waals surface area contributed by atoms with Crippen molar-refractivity contribution in [2.45, 2.75) is 31.8 Å². The molecule has 0 saturated carbocycles. The summed E-state index contributed by atoms with van der Waals surface area (Å²) < 4.78 is 0. The number of carboxylic acids is 1. The van der Waals surface area contributed by atoms with E-state index < -0.39 is 5.97 Å². The van der Waals surface area contributed by atoms with Crippen molar-refractivity contribution in [2.75, 3.05) is 6.54 Å². The monoisotopic (exact) mass is 269 g/mol. The number of aliphatic carboxylic acids is 1. The van der Waals surface area contributed by atoms with Gasteiger partial charge in [0.05, 0.1) is 0 Å². The first-order valence-electron chi connectivity index (χ1n) is 7.14. The molecule has 2 aromatic rings. The summed E-state index contributed by atoms with van der Waals surface area (Å²) >= 11 is 0. The van der Waals surface area contributed by atoms with Gasteiger partial charge >= 0.3 is 5.97 Å². The van der Waals surface area contributed by atoms with Crippen LogP contribution in [0.1, 0.15) is 31.4 Å².